The molecule has 17 heavy (non-hydrogen) atoms. The Balaban J connectivity index is 1.87. The van der Waals surface area contributed by atoms with Crippen LogP contribution in [0.2, 0.25) is 0 Å². The molecule has 0 radical (unpaired) electrons. The summed E-state index contributed by atoms with van der Waals surface area (Å²) < 4.78 is 5.62. The average Bonchev–Trinajstić information content (AvgIpc) is 2.38. The largest absolute Gasteiger partial charge is 0.463 e. The molecule has 0 spiro atoms. The van der Waals surface area contributed by atoms with Gasteiger partial charge in [0.15, 0.2) is 0 Å². The fourth-order valence-corrected chi connectivity index (χ4v) is 2.24. The zero-order chi connectivity index (χ0) is 12.1. The summed E-state index contributed by atoms with van der Waals surface area (Å²) in [5, 5.41) is 9.02. The summed E-state index contributed by atoms with van der Waals surface area (Å²) >= 11 is 0. The number of aryl methyl sites for hydroxylation is 1. The van der Waals surface area contributed by atoms with Crippen LogP contribution in [0.15, 0.2) is 6.20 Å². The third-order valence-electron chi connectivity index (χ3n) is 3.40. The van der Waals surface area contributed by atoms with E-state index in [4.69, 9.17) is 9.84 Å². The van der Waals surface area contributed by atoms with Crippen LogP contribution in [0.5, 0.6) is 6.01 Å². The molecule has 0 aromatic carbocycles. The fourth-order valence-electron chi connectivity index (χ4n) is 2.24. The van der Waals surface area contributed by atoms with Crippen molar-refractivity contribution >= 4 is 0 Å². The molecule has 1 N–H and O–H groups in total. The van der Waals surface area contributed by atoms with Crippen molar-refractivity contribution in [3.05, 3.63) is 17.5 Å². The van der Waals surface area contributed by atoms with E-state index < -0.39 is 0 Å². The number of ether oxygens (including phenoxy) is 1. The number of hydrogen-bond acceptors (Lipinski definition) is 4. The maximum Gasteiger partial charge on any atom is 0.316 e. The summed E-state index contributed by atoms with van der Waals surface area (Å²) in [7, 11) is 0. The molecular formula is C13H20N2O2. The first-order valence-corrected chi connectivity index (χ1v) is 6.36. The summed E-state index contributed by atoms with van der Waals surface area (Å²) in [6, 6.07) is 0.435. The smallest absolute Gasteiger partial charge is 0.316 e. The summed E-state index contributed by atoms with van der Waals surface area (Å²) in [5.74, 6) is 0.658. The van der Waals surface area contributed by atoms with Crippen LogP contribution >= 0.6 is 0 Å². The minimum absolute atomic E-state index is 0.0191. The van der Waals surface area contributed by atoms with Crippen LogP contribution in [0.25, 0.3) is 0 Å². The Morgan fingerprint density at radius 1 is 1.35 bits per heavy atom. The normalized spacial score (nSPS) is 17.1. The van der Waals surface area contributed by atoms with Gasteiger partial charge in [-0.3, -0.25) is 0 Å². The van der Waals surface area contributed by atoms with Crippen molar-refractivity contribution in [2.45, 2.75) is 45.6 Å². The Morgan fingerprint density at radius 3 is 2.76 bits per heavy atom. The second-order valence-electron chi connectivity index (χ2n) is 4.74. The van der Waals surface area contributed by atoms with Gasteiger partial charge < -0.3 is 9.84 Å². The Kier molecular flexibility index (Phi) is 4.31. The number of aliphatic hydroxyl groups is 1. The molecule has 0 aliphatic heterocycles. The number of nitrogens with zero attached hydrogens (tertiary/aromatic N) is 2. The standard InChI is InChI=1S/C13H20N2O2/c1-10-12(8-16)7-14-13(15-10)17-9-11-5-3-2-4-6-11/h7,11,16H,2-6,8-9H2,1H3. The van der Waals surface area contributed by atoms with E-state index in [-0.39, 0.29) is 6.61 Å². The van der Waals surface area contributed by atoms with Crippen molar-refractivity contribution in [1.29, 1.82) is 0 Å². The summed E-state index contributed by atoms with van der Waals surface area (Å²) in [6.07, 6.45) is 8.14. The van der Waals surface area contributed by atoms with Gasteiger partial charge >= 0.3 is 6.01 Å². The van der Waals surface area contributed by atoms with E-state index in [1.807, 2.05) is 6.92 Å². The maximum absolute atomic E-state index is 9.02. The average molecular weight is 236 g/mol. The second-order valence-corrected chi connectivity index (χ2v) is 4.74. The molecule has 1 aliphatic rings. The third-order valence-corrected chi connectivity index (χ3v) is 3.40. The number of aromatic nitrogens is 2. The van der Waals surface area contributed by atoms with Crippen LogP contribution < -0.4 is 4.74 Å². The van der Waals surface area contributed by atoms with Crippen molar-refractivity contribution < 1.29 is 9.84 Å². The van der Waals surface area contributed by atoms with Crippen molar-refractivity contribution in [2.75, 3.05) is 6.61 Å². The number of rotatable bonds is 4. The number of hydrogen-bond donors (Lipinski definition) is 1. The molecule has 1 heterocycles. The SMILES string of the molecule is Cc1nc(OCC2CCCCC2)ncc1CO. The zero-order valence-corrected chi connectivity index (χ0v) is 10.4. The fraction of sp³-hybridized carbons (Fsp3) is 0.692. The lowest BCUT2D eigenvalue weighted by Crippen LogP contribution is -2.16. The molecule has 1 saturated carbocycles. The van der Waals surface area contributed by atoms with Crippen molar-refractivity contribution in [3.63, 3.8) is 0 Å². The molecule has 1 aromatic heterocycles. The molecule has 1 aromatic rings. The van der Waals surface area contributed by atoms with E-state index >= 15 is 0 Å². The second kappa shape index (κ2) is 5.96. The van der Waals surface area contributed by atoms with E-state index in [2.05, 4.69) is 9.97 Å². The van der Waals surface area contributed by atoms with Crippen molar-refractivity contribution in [3.8, 4) is 6.01 Å². The van der Waals surface area contributed by atoms with Gasteiger partial charge in [-0.05, 0) is 25.7 Å². The molecule has 1 fully saturated rings. The van der Waals surface area contributed by atoms with Gasteiger partial charge in [0.2, 0.25) is 0 Å². The highest BCUT2D eigenvalue weighted by molar-refractivity contribution is 5.16. The Labute approximate surface area is 102 Å². The van der Waals surface area contributed by atoms with E-state index in [1.54, 1.807) is 6.20 Å². The lowest BCUT2D eigenvalue weighted by Gasteiger charge is -2.21. The van der Waals surface area contributed by atoms with E-state index in [9.17, 15) is 0 Å². The topological polar surface area (TPSA) is 55.2 Å². The monoisotopic (exact) mass is 236 g/mol. The van der Waals surface area contributed by atoms with E-state index in [0.29, 0.717) is 11.9 Å². The van der Waals surface area contributed by atoms with Crippen LogP contribution in [0.3, 0.4) is 0 Å². The minimum Gasteiger partial charge on any atom is -0.463 e. The Morgan fingerprint density at radius 2 is 2.12 bits per heavy atom. The van der Waals surface area contributed by atoms with Gasteiger partial charge in [-0.2, -0.15) is 0 Å². The summed E-state index contributed by atoms with van der Waals surface area (Å²) in [6.45, 7) is 2.56. The Hall–Kier alpha value is -1.16. The minimum atomic E-state index is -0.0191. The molecule has 0 bridgehead atoms. The molecule has 4 heteroatoms. The van der Waals surface area contributed by atoms with Crippen LogP contribution in [0.1, 0.15) is 43.4 Å². The molecule has 0 atom stereocenters. The molecule has 0 saturated heterocycles. The molecule has 4 nitrogen and oxygen atoms in total. The predicted octanol–water partition coefficient (Wildman–Crippen LogP) is 2.24. The molecule has 0 amide bonds. The first kappa shape index (κ1) is 12.3. The van der Waals surface area contributed by atoms with Gasteiger partial charge in [0, 0.05) is 11.8 Å². The van der Waals surface area contributed by atoms with Gasteiger partial charge in [-0.15, -0.1) is 0 Å². The van der Waals surface area contributed by atoms with Gasteiger partial charge in [0.1, 0.15) is 0 Å². The van der Waals surface area contributed by atoms with Crippen LogP contribution in [-0.2, 0) is 6.61 Å². The number of aliphatic hydroxyl groups excluding tert-OH is 1. The van der Waals surface area contributed by atoms with Gasteiger partial charge in [0.25, 0.3) is 0 Å². The first-order valence-electron chi connectivity index (χ1n) is 6.36. The summed E-state index contributed by atoms with van der Waals surface area (Å²) in [5.41, 5.74) is 1.55. The van der Waals surface area contributed by atoms with Crippen molar-refractivity contribution in [1.82, 2.24) is 9.97 Å². The highest BCUT2D eigenvalue weighted by atomic mass is 16.5. The van der Waals surface area contributed by atoms with Crippen LogP contribution in [-0.4, -0.2) is 21.7 Å². The van der Waals surface area contributed by atoms with Crippen LogP contribution in [0.4, 0.5) is 0 Å². The van der Waals surface area contributed by atoms with E-state index in [0.717, 1.165) is 17.9 Å². The first-order chi connectivity index (χ1) is 8.29. The van der Waals surface area contributed by atoms with Gasteiger partial charge in [-0.25, -0.2) is 9.97 Å². The van der Waals surface area contributed by atoms with Gasteiger partial charge in [0.05, 0.1) is 18.9 Å². The van der Waals surface area contributed by atoms with E-state index in [1.165, 1.54) is 32.1 Å². The van der Waals surface area contributed by atoms with Crippen LogP contribution in [0, 0.1) is 12.8 Å². The molecule has 0 unspecified atom stereocenters. The highest BCUT2D eigenvalue weighted by Gasteiger charge is 2.14. The van der Waals surface area contributed by atoms with Gasteiger partial charge in [-0.1, -0.05) is 19.3 Å². The summed E-state index contributed by atoms with van der Waals surface area (Å²) in [4.78, 5) is 8.34. The Bertz CT molecular complexity index is 362. The molecule has 1 aliphatic carbocycles. The third kappa shape index (κ3) is 3.40. The highest BCUT2D eigenvalue weighted by Crippen LogP contribution is 2.24. The lowest BCUT2D eigenvalue weighted by atomic mass is 9.90. The quantitative estimate of drug-likeness (QED) is 0.871. The zero-order valence-electron chi connectivity index (χ0n) is 10.4. The molecule has 94 valence electrons. The lowest BCUT2D eigenvalue weighted by molar-refractivity contribution is 0.195. The predicted molar refractivity (Wildman–Crippen MR) is 64.8 cm³/mol. The molecule has 2 rings (SSSR count). The maximum atomic E-state index is 9.02. The van der Waals surface area contributed by atoms with Crippen molar-refractivity contribution in [2.24, 2.45) is 5.92 Å². The molecular weight excluding hydrogens is 216 g/mol.